The summed E-state index contributed by atoms with van der Waals surface area (Å²) in [6, 6.07) is 11.4. The molecule has 3 rings (SSSR count). The molecule has 0 aromatic heterocycles. The first kappa shape index (κ1) is 29.7. The molecule has 0 saturated carbocycles. The van der Waals surface area contributed by atoms with E-state index in [-0.39, 0.29) is 30.2 Å². The molecule has 38 heavy (non-hydrogen) atoms. The summed E-state index contributed by atoms with van der Waals surface area (Å²) in [6.07, 6.45) is 5.24. The van der Waals surface area contributed by atoms with Crippen molar-refractivity contribution < 1.29 is 19.4 Å². The number of ether oxygens (including phenoxy) is 1. The standard InChI is InChI=1S/C29H41ClN4O4/c1-3-4-5-21(2)34(27(37)14-17-31-15-12-22-6-9-24(30)10-7-22)19-18-32-16-13-23-8-11-25(35)28-29(23)38-20-26(36)33-28/h6-11,21,31-32,35H,3-5,12-20H2,1-2H3,(H,33,36). The normalized spacial score (nSPS) is 13.4. The van der Waals surface area contributed by atoms with Gasteiger partial charge in [0.25, 0.3) is 5.91 Å². The molecule has 0 radical (unpaired) electrons. The third-order valence-corrected chi connectivity index (χ3v) is 7.03. The van der Waals surface area contributed by atoms with Crippen LogP contribution in [0.2, 0.25) is 5.02 Å². The predicted octanol–water partition coefficient (Wildman–Crippen LogP) is 4.14. The highest BCUT2D eigenvalue weighted by Gasteiger charge is 2.22. The van der Waals surface area contributed by atoms with E-state index in [2.05, 4.69) is 29.8 Å². The monoisotopic (exact) mass is 544 g/mol. The summed E-state index contributed by atoms with van der Waals surface area (Å²) >= 11 is 5.95. The number of halogens is 1. The number of amides is 2. The third kappa shape index (κ3) is 9.19. The topological polar surface area (TPSA) is 103 Å². The van der Waals surface area contributed by atoms with E-state index in [0.717, 1.165) is 42.8 Å². The van der Waals surface area contributed by atoms with Gasteiger partial charge in [0.05, 0.1) is 0 Å². The van der Waals surface area contributed by atoms with Gasteiger partial charge in [0.1, 0.15) is 11.4 Å². The molecule has 0 aliphatic carbocycles. The first-order valence-corrected chi connectivity index (χ1v) is 14.0. The maximum atomic E-state index is 13.1. The first-order chi connectivity index (χ1) is 18.4. The Morgan fingerprint density at radius 1 is 1.11 bits per heavy atom. The number of hydrogen-bond donors (Lipinski definition) is 4. The van der Waals surface area contributed by atoms with Gasteiger partial charge in [-0.25, -0.2) is 0 Å². The summed E-state index contributed by atoms with van der Waals surface area (Å²) in [5.74, 6) is 0.423. The summed E-state index contributed by atoms with van der Waals surface area (Å²) in [4.78, 5) is 26.7. The highest BCUT2D eigenvalue weighted by molar-refractivity contribution is 6.30. The van der Waals surface area contributed by atoms with Crippen LogP contribution in [0.5, 0.6) is 11.5 Å². The summed E-state index contributed by atoms with van der Waals surface area (Å²) in [5, 5.41) is 20.3. The van der Waals surface area contributed by atoms with Gasteiger partial charge in [-0.3, -0.25) is 9.59 Å². The Kier molecular flexibility index (Phi) is 12.2. The molecule has 4 N–H and O–H groups in total. The number of hydrogen-bond acceptors (Lipinski definition) is 6. The number of carbonyl (C=O) groups is 2. The average molecular weight is 545 g/mol. The second-order valence-corrected chi connectivity index (χ2v) is 10.2. The predicted molar refractivity (Wildman–Crippen MR) is 152 cm³/mol. The van der Waals surface area contributed by atoms with Gasteiger partial charge in [0.2, 0.25) is 5.91 Å². The minimum atomic E-state index is -0.276. The molecule has 2 amide bonds. The van der Waals surface area contributed by atoms with Crippen LogP contribution in [0.3, 0.4) is 0 Å². The van der Waals surface area contributed by atoms with Crippen molar-refractivity contribution in [1.29, 1.82) is 0 Å². The Hall–Kier alpha value is -2.81. The number of nitrogens with zero attached hydrogens (tertiary/aromatic N) is 1. The van der Waals surface area contributed by atoms with Crippen LogP contribution < -0.4 is 20.7 Å². The number of anilines is 1. The van der Waals surface area contributed by atoms with E-state index < -0.39 is 0 Å². The Morgan fingerprint density at radius 2 is 1.84 bits per heavy atom. The molecular formula is C29H41ClN4O4. The average Bonchev–Trinajstić information content (AvgIpc) is 2.91. The smallest absolute Gasteiger partial charge is 0.262 e. The van der Waals surface area contributed by atoms with Crippen molar-refractivity contribution in [2.75, 3.05) is 44.6 Å². The lowest BCUT2D eigenvalue weighted by Gasteiger charge is -2.30. The minimum Gasteiger partial charge on any atom is -0.506 e. The number of fused-ring (bicyclic) bond motifs is 1. The number of nitrogens with one attached hydrogen (secondary N) is 3. The highest BCUT2D eigenvalue weighted by Crippen LogP contribution is 2.39. The second kappa shape index (κ2) is 15.6. The molecule has 1 atom stereocenters. The zero-order valence-corrected chi connectivity index (χ0v) is 23.3. The van der Waals surface area contributed by atoms with Gasteiger partial charge in [-0.1, -0.05) is 49.6 Å². The molecule has 1 unspecified atom stereocenters. The molecule has 0 saturated heterocycles. The fourth-order valence-electron chi connectivity index (χ4n) is 4.55. The van der Waals surface area contributed by atoms with E-state index in [1.807, 2.05) is 35.2 Å². The van der Waals surface area contributed by atoms with Crippen molar-refractivity contribution in [1.82, 2.24) is 15.5 Å². The quantitative estimate of drug-likeness (QED) is 0.187. The molecule has 1 aliphatic heterocycles. The lowest BCUT2D eigenvalue weighted by molar-refractivity contribution is -0.133. The molecule has 8 nitrogen and oxygen atoms in total. The molecule has 208 valence electrons. The largest absolute Gasteiger partial charge is 0.506 e. The number of carbonyl (C=O) groups excluding carboxylic acids is 2. The van der Waals surface area contributed by atoms with Crippen LogP contribution >= 0.6 is 11.6 Å². The van der Waals surface area contributed by atoms with Crippen LogP contribution in [0.1, 0.15) is 50.7 Å². The van der Waals surface area contributed by atoms with Crippen molar-refractivity contribution in [3.05, 3.63) is 52.5 Å². The van der Waals surface area contributed by atoms with Crippen LogP contribution in [-0.2, 0) is 22.4 Å². The van der Waals surface area contributed by atoms with E-state index in [0.29, 0.717) is 50.5 Å². The van der Waals surface area contributed by atoms with Crippen molar-refractivity contribution in [2.24, 2.45) is 0 Å². The number of unbranched alkanes of at least 4 members (excludes halogenated alkanes) is 1. The van der Waals surface area contributed by atoms with E-state index in [1.54, 1.807) is 6.07 Å². The second-order valence-electron chi connectivity index (χ2n) is 9.74. The Morgan fingerprint density at radius 3 is 2.61 bits per heavy atom. The summed E-state index contributed by atoms with van der Waals surface area (Å²) in [7, 11) is 0. The van der Waals surface area contributed by atoms with Gasteiger partial charge in [-0.05, 0) is 68.6 Å². The lowest BCUT2D eigenvalue weighted by Crippen LogP contribution is -2.43. The number of phenols is 1. The zero-order chi connectivity index (χ0) is 27.3. The van der Waals surface area contributed by atoms with Gasteiger partial charge < -0.3 is 30.7 Å². The molecule has 9 heteroatoms. The van der Waals surface area contributed by atoms with Crippen LogP contribution in [-0.4, -0.2) is 67.2 Å². The SMILES string of the molecule is CCCCC(C)N(CCNCCc1ccc(O)c2c1OCC(=O)N2)C(=O)CCNCCc1ccc(Cl)cc1. The fourth-order valence-corrected chi connectivity index (χ4v) is 4.68. The van der Waals surface area contributed by atoms with Gasteiger partial charge in [-0.15, -0.1) is 0 Å². The minimum absolute atomic E-state index is 0.000510. The van der Waals surface area contributed by atoms with E-state index in [1.165, 1.54) is 5.56 Å². The van der Waals surface area contributed by atoms with Gasteiger partial charge in [-0.2, -0.15) is 0 Å². The Labute approximate surface area is 231 Å². The molecular weight excluding hydrogens is 504 g/mol. The number of rotatable bonds is 16. The third-order valence-electron chi connectivity index (χ3n) is 6.78. The number of aromatic hydroxyl groups is 1. The molecule has 0 spiro atoms. The molecule has 0 fully saturated rings. The van der Waals surface area contributed by atoms with Gasteiger partial charge >= 0.3 is 0 Å². The summed E-state index contributed by atoms with van der Waals surface area (Å²) in [5.41, 5.74) is 2.47. The van der Waals surface area contributed by atoms with Crippen LogP contribution in [0.4, 0.5) is 5.69 Å². The Bertz CT molecular complexity index is 1050. The van der Waals surface area contributed by atoms with Crippen molar-refractivity contribution in [3.63, 3.8) is 0 Å². The van der Waals surface area contributed by atoms with E-state index >= 15 is 0 Å². The van der Waals surface area contributed by atoms with E-state index in [4.69, 9.17) is 16.3 Å². The summed E-state index contributed by atoms with van der Waals surface area (Å²) in [6.45, 7) is 7.73. The van der Waals surface area contributed by atoms with Crippen LogP contribution in [0, 0.1) is 0 Å². The lowest BCUT2D eigenvalue weighted by atomic mass is 10.1. The van der Waals surface area contributed by atoms with Gasteiger partial charge in [0.15, 0.2) is 12.4 Å². The van der Waals surface area contributed by atoms with Crippen molar-refractivity contribution >= 4 is 29.1 Å². The number of phenolic OH excluding ortho intramolecular Hbond substituents is 1. The Balaban J connectivity index is 1.42. The molecule has 2 aromatic rings. The van der Waals surface area contributed by atoms with Gasteiger partial charge in [0, 0.05) is 37.1 Å². The molecule has 2 aromatic carbocycles. The summed E-state index contributed by atoms with van der Waals surface area (Å²) < 4.78 is 5.56. The zero-order valence-electron chi connectivity index (χ0n) is 22.5. The van der Waals surface area contributed by atoms with Crippen molar-refractivity contribution in [2.45, 2.75) is 58.4 Å². The molecule has 1 heterocycles. The fraction of sp³-hybridized carbons (Fsp3) is 0.517. The maximum absolute atomic E-state index is 13.1. The first-order valence-electron chi connectivity index (χ1n) is 13.6. The highest BCUT2D eigenvalue weighted by atomic mass is 35.5. The molecule has 0 bridgehead atoms. The number of benzene rings is 2. The van der Waals surface area contributed by atoms with E-state index in [9.17, 15) is 14.7 Å². The maximum Gasteiger partial charge on any atom is 0.262 e. The van der Waals surface area contributed by atoms with Crippen LogP contribution in [0.15, 0.2) is 36.4 Å². The van der Waals surface area contributed by atoms with Crippen molar-refractivity contribution in [3.8, 4) is 11.5 Å². The molecule has 1 aliphatic rings. The van der Waals surface area contributed by atoms with Crippen LogP contribution in [0.25, 0.3) is 0 Å².